The van der Waals surface area contributed by atoms with Crippen LogP contribution in [0, 0.1) is 11.3 Å². The number of ether oxygens (including phenoxy) is 1. The van der Waals surface area contributed by atoms with E-state index in [2.05, 4.69) is 4.98 Å². The van der Waals surface area contributed by atoms with E-state index in [0.717, 1.165) is 15.2 Å². The number of esters is 1. The second-order valence-electron chi connectivity index (χ2n) is 4.99. The van der Waals surface area contributed by atoms with Crippen molar-refractivity contribution in [2.24, 2.45) is 0 Å². The number of fused-ring (bicyclic) bond motifs is 1. The third-order valence-electron chi connectivity index (χ3n) is 3.20. The summed E-state index contributed by atoms with van der Waals surface area (Å²) < 4.78 is 11.7. The van der Waals surface area contributed by atoms with E-state index in [9.17, 15) is 4.79 Å². The Morgan fingerprint density at radius 1 is 1.38 bits per heavy atom. The molecule has 0 spiro atoms. The van der Waals surface area contributed by atoms with E-state index in [1.165, 1.54) is 17.4 Å². The van der Waals surface area contributed by atoms with E-state index >= 15 is 0 Å². The van der Waals surface area contributed by atoms with Crippen LogP contribution < -0.4 is 0 Å². The zero-order chi connectivity index (χ0) is 16.9. The Morgan fingerprint density at radius 2 is 2.21 bits per heavy atom. The fourth-order valence-corrected chi connectivity index (χ4v) is 3.00. The molecule has 0 aliphatic heterocycles. The highest BCUT2D eigenvalue weighted by atomic mass is 32.1. The number of nitriles is 1. The number of benzene rings is 1. The Balaban J connectivity index is 1.85. The number of para-hydroxylation sites is 1. The van der Waals surface area contributed by atoms with Gasteiger partial charge in [0.25, 0.3) is 0 Å². The van der Waals surface area contributed by atoms with Crippen LogP contribution in [0.3, 0.4) is 0 Å². The van der Waals surface area contributed by atoms with Crippen LogP contribution in [0.1, 0.15) is 19.1 Å². The van der Waals surface area contributed by atoms with E-state index in [4.69, 9.17) is 14.4 Å². The summed E-state index contributed by atoms with van der Waals surface area (Å²) in [6.45, 7) is 2.17. The van der Waals surface area contributed by atoms with Crippen molar-refractivity contribution in [1.82, 2.24) is 4.98 Å². The summed E-state index contributed by atoms with van der Waals surface area (Å²) in [4.78, 5) is 16.3. The smallest absolute Gasteiger partial charge is 0.349 e. The Kier molecular flexibility index (Phi) is 4.73. The highest BCUT2D eigenvalue weighted by Crippen LogP contribution is 2.31. The molecule has 5 nitrogen and oxygen atoms in total. The van der Waals surface area contributed by atoms with Gasteiger partial charge in [0.1, 0.15) is 17.4 Å². The molecule has 1 aromatic carbocycles. The summed E-state index contributed by atoms with van der Waals surface area (Å²) in [7, 11) is 0. The third-order valence-corrected chi connectivity index (χ3v) is 4.25. The van der Waals surface area contributed by atoms with Gasteiger partial charge in [-0.2, -0.15) is 5.26 Å². The SMILES string of the molecule is CCCOC(=O)/C(C#N)=C/c1ccc(-c2nc3ccccc3s2)o1. The minimum Gasteiger partial charge on any atom is -0.462 e. The molecule has 0 saturated carbocycles. The van der Waals surface area contributed by atoms with Gasteiger partial charge < -0.3 is 9.15 Å². The quantitative estimate of drug-likeness (QED) is 0.391. The van der Waals surface area contributed by atoms with Gasteiger partial charge in [-0.3, -0.25) is 0 Å². The van der Waals surface area contributed by atoms with Crippen LogP contribution in [0.2, 0.25) is 0 Å². The number of hydrogen-bond acceptors (Lipinski definition) is 6. The number of hydrogen-bond donors (Lipinski definition) is 0. The molecule has 0 fully saturated rings. The fraction of sp³-hybridized carbons (Fsp3) is 0.167. The van der Waals surface area contributed by atoms with E-state index in [1.54, 1.807) is 12.1 Å². The Hall–Kier alpha value is -2.91. The van der Waals surface area contributed by atoms with Crippen molar-refractivity contribution in [3.8, 4) is 16.8 Å². The molecule has 0 aliphatic carbocycles. The molecule has 0 atom stereocenters. The van der Waals surface area contributed by atoms with Crippen LogP contribution in [0.25, 0.3) is 27.1 Å². The van der Waals surface area contributed by atoms with Gasteiger partial charge in [-0.1, -0.05) is 19.1 Å². The normalized spacial score (nSPS) is 11.4. The maximum absolute atomic E-state index is 11.8. The summed E-state index contributed by atoms with van der Waals surface area (Å²) in [6.07, 6.45) is 2.09. The van der Waals surface area contributed by atoms with Crippen molar-refractivity contribution < 1.29 is 13.9 Å². The van der Waals surface area contributed by atoms with Crippen molar-refractivity contribution in [2.75, 3.05) is 6.61 Å². The number of nitrogens with zero attached hydrogens (tertiary/aromatic N) is 2. The first-order valence-electron chi connectivity index (χ1n) is 7.46. The second kappa shape index (κ2) is 7.11. The Labute approximate surface area is 142 Å². The standard InChI is InChI=1S/C18H14N2O3S/c1-2-9-22-18(21)12(11-19)10-13-7-8-15(23-13)17-20-14-5-3-4-6-16(14)24-17/h3-8,10H,2,9H2,1H3/b12-10+. The van der Waals surface area contributed by atoms with Gasteiger partial charge in [0.05, 0.1) is 16.8 Å². The predicted molar refractivity (Wildman–Crippen MR) is 92.2 cm³/mol. The van der Waals surface area contributed by atoms with Gasteiger partial charge in [0.15, 0.2) is 10.8 Å². The van der Waals surface area contributed by atoms with E-state index < -0.39 is 5.97 Å². The summed E-state index contributed by atoms with van der Waals surface area (Å²) in [5.41, 5.74) is 0.820. The van der Waals surface area contributed by atoms with E-state index in [1.807, 2.05) is 37.3 Å². The first kappa shape index (κ1) is 16.0. The van der Waals surface area contributed by atoms with Gasteiger partial charge in [0, 0.05) is 6.08 Å². The second-order valence-corrected chi connectivity index (χ2v) is 6.03. The number of carbonyl (C=O) groups excluding carboxylic acids is 1. The molecule has 3 rings (SSSR count). The highest BCUT2D eigenvalue weighted by molar-refractivity contribution is 7.21. The zero-order valence-corrected chi connectivity index (χ0v) is 13.8. The Bertz CT molecular complexity index is 913. The summed E-state index contributed by atoms with van der Waals surface area (Å²) in [5, 5.41) is 9.86. The van der Waals surface area contributed by atoms with Crippen LogP contribution in [0.4, 0.5) is 0 Å². The number of furan rings is 1. The lowest BCUT2D eigenvalue weighted by Crippen LogP contribution is -2.07. The van der Waals surface area contributed by atoms with Crippen LogP contribution in [-0.4, -0.2) is 17.6 Å². The highest BCUT2D eigenvalue weighted by Gasteiger charge is 2.13. The van der Waals surface area contributed by atoms with Gasteiger partial charge in [-0.25, -0.2) is 9.78 Å². The first-order chi connectivity index (χ1) is 11.7. The van der Waals surface area contributed by atoms with Crippen LogP contribution in [0.5, 0.6) is 0 Å². The van der Waals surface area contributed by atoms with Gasteiger partial charge in [0.2, 0.25) is 0 Å². The lowest BCUT2D eigenvalue weighted by molar-refractivity contribution is -0.138. The van der Waals surface area contributed by atoms with Crippen molar-refractivity contribution in [1.29, 1.82) is 5.26 Å². The summed E-state index contributed by atoms with van der Waals surface area (Å²) in [6, 6.07) is 13.1. The largest absolute Gasteiger partial charge is 0.462 e. The molecule has 0 aliphatic rings. The minimum absolute atomic E-state index is 0.0892. The summed E-state index contributed by atoms with van der Waals surface area (Å²) >= 11 is 1.52. The Morgan fingerprint density at radius 3 is 2.96 bits per heavy atom. The molecule has 0 saturated heterocycles. The maximum atomic E-state index is 11.8. The number of aromatic nitrogens is 1. The monoisotopic (exact) mass is 338 g/mol. The first-order valence-corrected chi connectivity index (χ1v) is 8.27. The van der Waals surface area contributed by atoms with Crippen molar-refractivity contribution in [2.45, 2.75) is 13.3 Å². The molecule has 6 heteroatoms. The molecule has 0 amide bonds. The molecule has 0 radical (unpaired) electrons. The van der Waals surface area contributed by atoms with E-state index in [-0.39, 0.29) is 12.2 Å². The molecular weight excluding hydrogens is 324 g/mol. The van der Waals surface area contributed by atoms with Gasteiger partial charge in [-0.05, 0) is 30.7 Å². The topological polar surface area (TPSA) is 76.1 Å². The average Bonchev–Trinajstić information content (AvgIpc) is 3.23. The van der Waals surface area contributed by atoms with Gasteiger partial charge >= 0.3 is 5.97 Å². The molecule has 2 heterocycles. The molecular formula is C18H14N2O3S. The molecule has 2 aromatic heterocycles. The lowest BCUT2D eigenvalue weighted by Gasteiger charge is -2.00. The van der Waals surface area contributed by atoms with Crippen LogP contribution in [-0.2, 0) is 9.53 Å². The number of carbonyl (C=O) groups is 1. The van der Waals surface area contributed by atoms with Crippen molar-refractivity contribution >= 4 is 33.6 Å². The predicted octanol–water partition coefficient (Wildman–Crippen LogP) is 4.42. The number of rotatable bonds is 5. The fourth-order valence-electron chi connectivity index (χ4n) is 2.07. The maximum Gasteiger partial charge on any atom is 0.349 e. The lowest BCUT2D eigenvalue weighted by atomic mass is 10.2. The average molecular weight is 338 g/mol. The van der Waals surface area contributed by atoms with Crippen molar-refractivity contribution in [3.63, 3.8) is 0 Å². The molecule has 120 valence electrons. The number of thiazole rings is 1. The van der Waals surface area contributed by atoms with E-state index in [0.29, 0.717) is 17.9 Å². The molecule has 0 unspecified atom stereocenters. The summed E-state index contributed by atoms with van der Waals surface area (Å²) in [5.74, 6) is 0.369. The van der Waals surface area contributed by atoms with Gasteiger partial charge in [-0.15, -0.1) is 11.3 Å². The zero-order valence-electron chi connectivity index (χ0n) is 13.0. The molecule has 0 N–H and O–H groups in total. The van der Waals surface area contributed by atoms with Crippen LogP contribution >= 0.6 is 11.3 Å². The minimum atomic E-state index is -0.641. The molecule has 0 bridgehead atoms. The molecule has 24 heavy (non-hydrogen) atoms. The van der Waals surface area contributed by atoms with Crippen LogP contribution in [0.15, 0.2) is 46.4 Å². The van der Waals surface area contributed by atoms with Crippen molar-refractivity contribution in [3.05, 3.63) is 47.7 Å². The molecule has 3 aromatic rings. The third kappa shape index (κ3) is 3.36.